The van der Waals surface area contributed by atoms with Gasteiger partial charge >= 0.3 is 0 Å². The highest BCUT2D eigenvalue weighted by atomic mass is 32.2. The van der Waals surface area contributed by atoms with Crippen LogP contribution in [0.25, 0.3) is 0 Å². The lowest BCUT2D eigenvalue weighted by Crippen LogP contribution is -2.47. The number of ether oxygens (including phenoxy) is 1. The summed E-state index contributed by atoms with van der Waals surface area (Å²) in [4.78, 5) is 11.8. The molecular weight excluding hydrogens is 344 g/mol. The van der Waals surface area contributed by atoms with Crippen LogP contribution in [0.5, 0.6) is 5.75 Å². The summed E-state index contributed by atoms with van der Waals surface area (Å²) in [5.74, 6) is 4.84. The molecule has 8 heteroatoms. The van der Waals surface area contributed by atoms with Crippen LogP contribution in [0.15, 0.2) is 29.2 Å². The van der Waals surface area contributed by atoms with E-state index in [4.69, 9.17) is 9.94 Å². The second-order valence-corrected chi connectivity index (χ2v) is 7.50. The SMILES string of the molecule is CC#CCOc1ccc(S(=O)(=O)N[C@H]2CCCC[C@H]2C(=O)NO)cc1. The number of carbonyl (C=O) groups is 1. The number of hydrogen-bond acceptors (Lipinski definition) is 5. The van der Waals surface area contributed by atoms with Gasteiger partial charge in [0.15, 0.2) is 0 Å². The molecule has 0 radical (unpaired) electrons. The van der Waals surface area contributed by atoms with Crippen LogP contribution < -0.4 is 14.9 Å². The fourth-order valence-corrected chi connectivity index (χ4v) is 4.15. The van der Waals surface area contributed by atoms with Crippen LogP contribution in [0.1, 0.15) is 32.6 Å². The average Bonchev–Trinajstić information content (AvgIpc) is 2.62. The Hall–Kier alpha value is -2.08. The monoisotopic (exact) mass is 366 g/mol. The maximum absolute atomic E-state index is 12.6. The van der Waals surface area contributed by atoms with Gasteiger partial charge in [-0.3, -0.25) is 10.0 Å². The van der Waals surface area contributed by atoms with E-state index < -0.39 is 27.9 Å². The van der Waals surface area contributed by atoms with Gasteiger partial charge in [0.2, 0.25) is 15.9 Å². The minimum atomic E-state index is -3.77. The van der Waals surface area contributed by atoms with Crippen molar-refractivity contribution < 1.29 is 23.2 Å². The van der Waals surface area contributed by atoms with E-state index in [1.807, 2.05) is 0 Å². The quantitative estimate of drug-likeness (QED) is 0.401. The zero-order valence-electron chi connectivity index (χ0n) is 14.0. The smallest absolute Gasteiger partial charge is 0.248 e. The summed E-state index contributed by atoms with van der Waals surface area (Å²) >= 11 is 0. The maximum atomic E-state index is 12.6. The van der Waals surface area contributed by atoms with Crippen molar-refractivity contribution in [2.75, 3.05) is 6.61 Å². The number of nitrogens with one attached hydrogen (secondary N) is 2. The fraction of sp³-hybridized carbons (Fsp3) is 0.471. The van der Waals surface area contributed by atoms with Crippen LogP contribution in [-0.2, 0) is 14.8 Å². The molecule has 7 nitrogen and oxygen atoms in total. The number of hydroxylamine groups is 1. The average molecular weight is 366 g/mol. The molecule has 136 valence electrons. The van der Waals surface area contributed by atoms with Crippen LogP contribution in [-0.4, -0.2) is 32.2 Å². The summed E-state index contributed by atoms with van der Waals surface area (Å²) in [7, 11) is -3.77. The van der Waals surface area contributed by atoms with Gasteiger partial charge in [0.1, 0.15) is 12.4 Å². The Morgan fingerprint density at radius 3 is 2.60 bits per heavy atom. The Labute approximate surface area is 147 Å². The Balaban J connectivity index is 2.09. The molecule has 1 saturated carbocycles. The second-order valence-electron chi connectivity index (χ2n) is 5.78. The zero-order chi connectivity index (χ0) is 18.3. The maximum Gasteiger partial charge on any atom is 0.248 e. The highest BCUT2D eigenvalue weighted by Gasteiger charge is 2.34. The molecule has 2 atom stereocenters. The van der Waals surface area contributed by atoms with Crippen molar-refractivity contribution in [2.24, 2.45) is 5.92 Å². The summed E-state index contributed by atoms with van der Waals surface area (Å²) in [6, 6.07) is 5.47. The number of benzene rings is 1. The lowest BCUT2D eigenvalue weighted by molar-refractivity contribution is -0.135. The Morgan fingerprint density at radius 1 is 1.28 bits per heavy atom. The normalized spacial score (nSPS) is 20.2. The highest BCUT2D eigenvalue weighted by molar-refractivity contribution is 7.89. The molecule has 1 aliphatic rings. The van der Waals surface area contributed by atoms with E-state index in [2.05, 4.69) is 16.6 Å². The van der Waals surface area contributed by atoms with E-state index in [-0.39, 0.29) is 11.5 Å². The molecule has 0 bridgehead atoms. The van der Waals surface area contributed by atoms with Crippen LogP contribution >= 0.6 is 0 Å². The van der Waals surface area contributed by atoms with Gasteiger partial charge in [-0.2, -0.15) is 0 Å². The lowest BCUT2D eigenvalue weighted by Gasteiger charge is -2.30. The van der Waals surface area contributed by atoms with Crippen molar-refractivity contribution in [3.8, 4) is 17.6 Å². The Morgan fingerprint density at radius 2 is 1.96 bits per heavy atom. The van der Waals surface area contributed by atoms with Crippen molar-refractivity contribution in [1.29, 1.82) is 0 Å². The molecule has 1 aromatic carbocycles. The number of hydrogen-bond donors (Lipinski definition) is 3. The highest BCUT2D eigenvalue weighted by Crippen LogP contribution is 2.26. The third-order valence-corrected chi connectivity index (χ3v) is 5.65. The zero-order valence-corrected chi connectivity index (χ0v) is 14.8. The molecule has 1 amide bonds. The Kier molecular flexibility index (Phi) is 6.82. The predicted molar refractivity (Wildman–Crippen MR) is 91.4 cm³/mol. The summed E-state index contributed by atoms with van der Waals surface area (Å²) in [5, 5.41) is 8.84. The molecule has 0 aromatic heterocycles. The molecule has 1 fully saturated rings. The van der Waals surface area contributed by atoms with E-state index in [1.54, 1.807) is 24.5 Å². The van der Waals surface area contributed by atoms with Crippen molar-refractivity contribution in [3.63, 3.8) is 0 Å². The number of sulfonamides is 1. The van der Waals surface area contributed by atoms with E-state index in [9.17, 15) is 13.2 Å². The Bertz CT molecular complexity index is 749. The summed E-state index contributed by atoms with van der Waals surface area (Å²) < 4.78 is 33.1. The molecule has 0 aliphatic heterocycles. The third-order valence-electron chi connectivity index (χ3n) is 4.14. The minimum Gasteiger partial charge on any atom is -0.481 e. The molecule has 1 aliphatic carbocycles. The molecule has 2 rings (SSSR count). The van der Waals surface area contributed by atoms with Crippen LogP contribution in [0.4, 0.5) is 0 Å². The van der Waals surface area contributed by atoms with Crippen molar-refractivity contribution >= 4 is 15.9 Å². The van der Waals surface area contributed by atoms with Gasteiger partial charge in [-0.1, -0.05) is 18.8 Å². The van der Waals surface area contributed by atoms with E-state index >= 15 is 0 Å². The summed E-state index contributed by atoms with van der Waals surface area (Å²) in [6.07, 6.45) is 2.73. The first kappa shape index (κ1) is 19.2. The number of rotatable bonds is 6. The first-order valence-electron chi connectivity index (χ1n) is 8.06. The largest absolute Gasteiger partial charge is 0.481 e. The van der Waals surface area contributed by atoms with Crippen molar-refractivity contribution in [2.45, 2.75) is 43.5 Å². The first-order chi connectivity index (χ1) is 12.0. The van der Waals surface area contributed by atoms with Gasteiger partial charge < -0.3 is 4.74 Å². The van der Waals surface area contributed by atoms with Crippen LogP contribution in [0, 0.1) is 17.8 Å². The van der Waals surface area contributed by atoms with Crippen molar-refractivity contribution in [3.05, 3.63) is 24.3 Å². The molecule has 0 spiro atoms. The topological polar surface area (TPSA) is 105 Å². The molecular formula is C17H22N2O5S. The van der Waals surface area contributed by atoms with Gasteiger partial charge in [0.25, 0.3) is 0 Å². The molecule has 0 heterocycles. The van der Waals surface area contributed by atoms with Gasteiger partial charge in [0.05, 0.1) is 10.8 Å². The standard InChI is InChI=1S/C17H22N2O5S/c1-2-3-12-24-13-8-10-14(11-9-13)25(22,23)19-16-7-5-4-6-15(16)17(20)18-21/h8-11,15-16,19,21H,4-7,12H2,1H3,(H,18,20)/t15-,16+/m1/s1. The van der Waals surface area contributed by atoms with Crippen LogP contribution in [0.3, 0.4) is 0 Å². The van der Waals surface area contributed by atoms with E-state index in [0.717, 1.165) is 12.8 Å². The molecule has 0 unspecified atom stereocenters. The lowest BCUT2D eigenvalue weighted by atomic mass is 9.85. The van der Waals surface area contributed by atoms with Gasteiger partial charge in [0, 0.05) is 6.04 Å². The van der Waals surface area contributed by atoms with Crippen LogP contribution in [0.2, 0.25) is 0 Å². The van der Waals surface area contributed by atoms with E-state index in [1.165, 1.54) is 12.1 Å². The molecule has 3 N–H and O–H groups in total. The van der Waals surface area contributed by atoms with Gasteiger partial charge in [-0.25, -0.2) is 18.6 Å². The van der Waals surface area contributed by atoms with Gasteiger partial charge in [-0.05, 0) is 44.0 Å². The summed E-state index contributed by atoms with van der Waals surface area (Å²) in [6.45, 7) is 1.95. The summed E-state index contributed by atoms with van der Waals surface area (Å²) in [5.41, 5.74) is 1.62. The molecule has 1 aromatic rings. The van der Waals surface area contributed by atoms with Gasteiger partial charge in [-0.15, -0.1) is 5.92 Å². The minimum absolute atomic E-state index is 0.0927. The predicted octanol–water partition coefficient (Wildman–Crippen LogP) is 1.43. The molecule has 25 heavy (non-hydrogen) atoms. The van der Waals surface area contributed by atoms with Crippen molar-refractivity contribution in [1.82, 2.24) is 10.2 Å². The third kappa shape index (κ3) is 5.19. The fourth-order valence-electron chi connectivity index (χ4n) is 2.84. The molecule has 0 saturated heterocycles. The van der Waals surface area contributed by atoms with E-state index in [0.29, 0.717) is 18.6 Å². The number of carbonyl (C=O) groups excluding carboxylic acids is 1. The second kappa shape index (κ2) is 8.85. The first-order valence-corrected chi connectivity index (χ1v) is 9.55. The number of amides is 1.